The van der Waals surface area contributed by atoms with Gasteiger partial charge in [-0.05, 0) is 25.0 Å². The first-order chi connectivity index (χ1) is 9.19. The second-order valence-corrected chi connectivity index (χ2v) is 4.89. The van der Waals surface area contributed by atoms with Gasteiger partial charge in [0.2, 0.25) is 0 Å². The maximum atomic E-state index is 11.9. The number of nitrogens with one attached hydrogen (secondary N) is 2. The molecule has 1 aliphatic rings. The summed E-state index contributed by atoms with van der Waals surface area (Å²) in [6, 6.07) is 5.28. The molecule has 0 spiro atoms. The molecule has 0 bridgehead atoms. The second kappa shape index (κ2) is 6.31. The summed E-state index contributed by atoms with van der Waals surface area (Å²) >= 11 is 0. The van der Waals surface area contributed by atoms with Crippen LogP contribution < -0.4 is 21.1 Å². The van der Waals surface area contributed by atoms with Crippen LogP contribution in [0.4, 0.5) is 16.2 Å². The second-order valence-electron chi connectivity index (χ2n) is 4.89. The molecule has 0 unspecified atom stereocenters. The number of rotatable bonds is 3. The van der Waals surface area contributed by atoms with E-state index in [0.29, 0.717) is 17.1 Å². The van der Waals surface area contributed by atoms with Crippen molar-refractivity contribution in [2.24, 2.45) is 0 Å². The van der Waals surface area contributed by atoms with Gasteiger partial charge in [-0.25, -0.2) is 4.79 Å². The fourth-order valence-corrected chi connectivity index (χ4v) is 2.36. The van der Waals surface area contributed by atoms with Crippen LogP contribution in [0.5, 0.6) is 5.75 Å². The van der Waals surface area contributed by atoms with Crippen molar-refractivity contribution in [3.8, 4) is 5.75 Å². The van der Waals surface area contributed by atoms with Gasteiger partial charge in [-0.2, -0.15) is 0 Å². The van der Waals surface area contributed by atoms with Crippen LogP contribution in [0, 0.1) is 0 Å². The monoisotopic (exact) mass is 263 g/mol. The highest BCUT2D eigenvalue weighted by atomic mass is 16.5. The fraction of sp³-hybridized carbons (Fsp3) is 0.500. The lowest BCUT2D eigenvalue weighted by Gasteiger charge is -2.23. The molecule has 0 radical (unpaired) electrons. The van der Waals surface area contributed by atoms with E-state index in [0.717, 1.165) is 12.8 Å². The van der Waals surface area contributed by atoms with E-state index in [1.165, 1.54) is 19.3 Å². The summed E-state index contributed by atoms with van der Waals surface area (Å²) in [6.45, 7) is 0. The molecule has 2 amide bonds. The van der Waals surface area contributed by atoms with Gasteiger partial charge in [0.05, 0.1) is 18.5 Å². The van der Waals surface area contributed by atoms with E-state index in [4.69, 9.17) is 10.5 Å². The van der Waals surface area contributed by atoms with Gasteiger partial charge in [0, 0.05) is 12.1 Å². The van der Waals surface area contributed by atoms with Gasteiger partial charge in [0.1, 0.15) is 5.75 Å². The molecule has 1 aromatic carbocycles. The van der Waals surface area contributed by atoms with E-state index in [2.05, 4.69) is 10.6 Å². The number of anilines is 2. The lowest BCUT2D eigenvalue weighted by atomic mass is 9.96. The number of amides is 2. The summed E-state index contributed by atoms with van der Waals surface area (Å²) in [6.07, 6.45) is 5.75. The normalized spacial score (nSPS) is 15.8. The highest BCUT2D eigenvalue weighted by molar-refractivity contribution is 5.93. The number of ether oxygens (including phenoxy) is 1. The Balaban J connectivity index is 1.94. The first-order valence-corrected chi connectivity index (χ1v) is 6.70. The summed E-state index contributed by atoms with van der Waals surface area (Å²) in [7, 11) is 1.58. The molecule has 0 aromatic heterocycles. The van der Waals surface area contributed by atoms with Crippen LogP contribution in [-0.2, 0) is 0 Å². The molecular formula is C14H21N3O2. The molecule has 4 N–H and O–H groups in total. The summed E-state index contributed by atoms with van der Waals surface area (Å²) in [5, 5.41) is 5.76. The maximum absolute atomic E-state index is 11.9. The number of carbonyl (C=O) groups is 1. The van der Waals surface area contributed by atoms with Crippen molar-refractivity contribution >= 4 is 17.4 Å². The third kappa shape index (κ3) is 3.77. The summed E-state index contributed by atoms with van der Waals surface area (Å²) in [5.41, 5.74) is 6.93. The third-order valence-corrected chi connectivity index (χ3v) is 3.45. The Bertz CT molecular complexity index is 442. The number of benzene rings is 1. The van der Waals surface area contributed by atoms with Crippen LogP contribution in [0.2, 0.25) is 0 Å². The Morgan fingerprint density at radius 1 is 1.32 bits per heavy atom. The number of carbonyl (C=O) groups excluding carboxylic acids is 1. The van der Waals surface area contributed by atoms with Crippen LogP contribution in [0.3, 0.4) is 0 Å². The number of hydrogen-bond acceptors (Lipinski definition) is 3. The minimum Gasteiger partial charge on any atom is -0.497 e. The van der Waals surface area contributed by atoms with Gasteiger partial charge in [0.25, 0.3) is 0 Å². The van der Waals surface area contributed by atoms with Gasteiger partial charge in [0.15, 0.2) is 0 Å². The minimum atomic E-state index is -0.202. The molecule has 0 atom stereocenters. The van der Waals surface area contributed by atoms with Gasteiger partial charge < -0.3 is 21.1 Å². The van der Waals surface area contributed by atoms with Crippen molar-refractivity contribution in [1.82, 2.24) is 5.32 Å². The molecule has 104 valence electrons. The highest BCUT2D eigenvalue weighted by Gasteiger charge is 2.16. The van der Waals surface area contributed by atoms with Gasteiger partial charge >= 0.3 is 6.03 Å². The van der Waals surface area contributed by atoms with Gasteiger partial charge in [-0.15, -0.1) is 0 Å². The van der Waals surface area contributed by atoms with Gasteiger partial charge in [-0.3, -0.25) is 0 Å². The van der Waals surface area contributed by atoms with E-state index >= 15 is 0 Å². The van der Waals surface area contributed by atoms with Crippen LogP contribution >= 0.6 is 0 Å². The minimum absolute atomic E-state index is 0.202. The molecule has 1 aromatic rings. The largest absolute Gasteiger partial charge is 0.497 e. The van der Waals surface area contributed by atoms with E-state index in [-0.39, 0.29) is 12.1 Å². The van der Waals surface area contributed by atoms with Crippen molar-refractivity contribution in [3.63, 3.8) is 0 Å². The number of urea groups is 1. The molecule has 2 rings (SSSR count). The lowest BCUT2D eigenvalue weighted by molar-refractivity contribution is 0.244. The molecule has 0 heterocycles. The average molecular weight is 263 g/mol. The van der Waals surface area contributed by atoms with Crippen molar-refractivity contribution < 1.29 is 9.53 Å². The number of nitrogens with two attached hydrogens (primary N) is 1. The molecule has 5 heteroatoms. The van der Waals surface area contributed by atoms with Crippen molar-refractivity contribution in [2.45, 2.75) is 38.1 Å². The number of nitrogen functional groups attached to an aromatic ring is 1. The zero-order valence-corrected chi connectivity index (χ0v) is 11.2. The van der Waals surface area contributed by atoms with Crippen LogP contribution in [0.1, 0.15) is 32.1 Å². The molecule has 1 fully saturated rings. The molecule has 0 saturated heterocycles. The Labute approximate surface area is 113 Å². The first kappa shape index (κ1) is 13.5. The first-order valence-electron chi connectivity index (χ1n) is 6.70. The SMILES string of the molecule is COc1ccc(N)c(NC(=O)NC2CCCCC2)c1. The van der Waals surface area contributed by atoms with Crippen molar-refractivity contribution in [3.05, 3.63) is 18.2 Å². The summed E-state index contributed by atoms with van der Waals surface area (Å²) < 4.78 is 5.11. The predicted octanol–water partition coefficient (Wildman–Crippen LogP) is 2.73. The Hall–Kier alpha value is -1.91. The molecule has 1 aliphatic carbocycles. The van der Waals surface area contributed by atoms with E-state index in [1.54, 1.807) is 25.3 Å². The predicted molar refractivity (Wildman–Crippen MR) is 76.4 cm³/mol. The molecule has 0 aliphatic heterocycles. The van der Waals surface area contributed by atoms with Crippen molar-refractivity contribution in [1.29, 1.82) is 0 Å². The molecular weight excluding hydrogens is 242 g/mol. The zero-order chi connectivity index (χ0) is 13.7. The maximum Gasteiger partial charge on any atom is 0.319 e. The lowest BCUT2D eigenvalue weighted by Crippen LogP contribution is -2.39. The molecule has 5 nitrogen and oxygen atoms in total. The van der Waals surface area contributed by atoms with Crippen LogP contribution in [0.15, 0.2) is 18.2 Å². The highest BCUT2D eigenvalue weighted by Crippen LogP contribution is 2.24. The van der Waals surface area contributed by atoms with Crippen molar-refractivity contribution in [2.75, 3.05) is 18.2 Å². The molecule has 19 heavy (non-hydrogen) atoms. The molecule has 1 saturated carbocycles. The zero-order valence-electron chi connectivity index (χ0n) is 11.2. The van der Waals surface area contributed by atoms with E-state index in [1.807, 2.05) is 0 Å². The third-order valence-electron chi connectivity index (χ3n) is 3.45. The van der Waals surface area contributed by atoms with Crippen LogP contribution in [-0.4, -0.2) is 19.2 Å². The average Bonchev–Trinajstić information content (AvgIpc) is 2.42. The Kier molecular flexibility index (Phi) is 4.49. The standard InChI is InChI=1S/C14H21N3O2/c1-19-11-7-8-12(15)13(9-11)17-14(18)16-10-5-3-2-4-6-10/h7-10H,2-6,15H2,1H3,(H2,16,17,18). The summed E-state index contributed by atoms with van der Waals surface area (Å²) in [4.78, 5) is 11.9. The Morgan fingerprint density at radius 3 is 2.74 bits per heavy atom. The van der Waals surface area contributed by atoms with Crippen LogP contribution in [0.25, 0.3) is 0 Å². The Morgan fingerprint density at radius 2 is 2.05 bits per heavy atom. The van der Waals surface area contributed by atoms with Gasteiger partial charge in [-0.1, -0.05) is 19.3 Å². The topological polar surface area (TPSA) is 76.4 Å². The smallest absolute Gasteiger partial charge is 0.319 e. The fourth-order valence-electron chi connectivity index (χ4n) is 2.36. The summed E-state index contributed by atoms with van der Waals surface area (Å²) in [5.74, 6) is 0.669. The quantitative estimate of drug-likeness (QED) is 0.734. The van der Waals surface area contributed by atoms with E-state index in [9.17, 15) is 4.79 Å². The van der Waals surface area contributed by atoms with E-state index < -0.39 is 0 Å². The number of methoxy groups -OCH3 is 1. The number of hydrogen-bond donors (Lipinski definition) is 3.